The molecule has 0 saturated heterocycles. The van der Waals surface area contributed by atoms with Crippen LogP contribution in [0.5, 0.6) is 5.75 Å². The molecule has 0 atom stereocenters. The van der Waals surface area contributed by atoms with Crippen LogP contribution in [-0.2, 0) is 16.6 Å². The summed E-state index contributed by atoms with van der Waals surface area (Å²) in [5, 5.41) is 0. The Bertz CT molecular complexity index is 634. The minimum absolute atomic E-state index is 0.155. The van der Waals surface area contributed by atoms with Crippen LogP contribution in [0, 0.1) is 6.92 Å². The van der Waals surface area contributed by atoms with Gasteiger partial charge in [-0.1, -0.05) is 57.2 Å². The average Bonchev–Trinajstić information content (AvgIpc) is 2.45. The number of hydrogen-bond donors (Lipinski definition) is 0. The van der Waals surface area contributed by atoms with Crippen molar-refractivity contribution in [1.82, 2.24) is 0 Å². The first-order valence-electron chi connectivity index (χ1n) is 7.71. The molecule has 0 N–H and O–H groups in total. The Morgan fingerprint density at radius 3 is 2.32 bits per heavy atom. The Morgan fingerprint density at radius 2 is 1.73 bits per heavy atom. The van der Waals surface area contributed by atoms with Crippen molar-refractivity contribution in [2.24, 2.45) is 0 Å². The molecular formula is C20H24O2. The number of carbonyl (C=O) groups is 1. The third-order valence-electron chi connectivity index (χ3n) is 3.66. The predicted octanol–water partition coefficient (Wildman–Crippen LogP) is 4.83. The molecule has 0 unspecified atom stereocenters. The predicted molar refractivity (Wildman–Crippen MR) is 90.3 cm³/mol. The Balaban J connectivity index is 1.88. The third-order valence-corrected chi connectivity index (χ3v) is 3.66. The lowest BCUT2D eigenvalue weighted by molar-refractivity contribution is -0.134. The van der Waals surface area contributed by atoms with E-state index in [0.29, 0.717) is 18.6 Å². The van der Waals surface area contributed by atoms with Gasteiger partial charge >= 0.3 is 5.97 Å². The summed E-state index contributed by atoms with van der Waals surface area (Å²) in [4.78, 5) is 11.9. The lowest BCUT2D eigenvalue weighted by Crippen LogP contribution is -2.11. The summed E-state index contributed by atoms with van der Waals surface area (Å²) in [6, 6.07) is 16.0. The van der Waals surface area contributed by atoms with Crippen LogP contribution in [0.15, 0.2) is 48.5 Å². The van der Waals surface area contributed by atoms with E-state index in [0.717, 1.165) is 11.1 Å². The Labute approximate surface area is 133 Å². The minimum atomic E-state index is -0.189. The minimum Gasteiger partial charge on any atom is -0.427 e. The molecule has 0 radical (unpaired) electrons. The van der Waals surface area contributed by atoms with E-state index in [1.54, 1.807) is 0 Å². The Morgan fingerprint density at radius 1 is 1.05 bits per heavy atom. The first kappa shape index (κ1) is 16.3. The summed E-state index contributed by atoms with van der Waals surface area (Å²) >= 11 is 0. The van der Waals surface area contributed by atoms with Crippen LogP contribution in [0.3, 0.4) is 0 Å². The van der Waals surface area contributed by atoms with Gasteiger partial charge in [0.2, 0.25) is 0 Å². The molecule has 0 aliphatic heterocycles. The van der Waals surface area contributed by atoms with Crippen LogP contribution in [-0.4, -0.2) is 5.97 Å². The zero-order valence-electron chi connectivity index (χ0n) is 13.8. The largest absolute Gasteiger partial charge is 0.427 e. The number of aryl methyl sites for hydroxylation is 2. The molecular weight excluding hydrogens is 272 g/mol. The molecule has 0 aliphatic rings. The highest BCUT2D eigenvalue weighted by molar-refractivity contribution is 5.72. The molecule has 0 aliphatic carbocycles. The maximum atomic E-state index is 11.9. The van der Waals surface area contributed by atoms with Crippen LogP contribution in [0.25, 0.3) is 0 Å². The highest BCUT2D eigenvalue weighted by Crippen LogP contribution is 2.22. The first-order valence-corrected chi connectivity index (χ1v) is 7.71. The van der Waals surface area contributed by atoms with Gasteiger partial charge in [-0.25, -0.2) is 0 Å². The number of carbonyl (C=O) groups excluding carboxylic acids is 1. The van der Waals surface area contributed by atoms with Crippen molar-refractivity contribution in [2.45, 2.75) is 46.0 Å². The average molecular weight is 296 g/mol. The summed E-state index contributed by atoms with van der Waals surface area (Å²) in [5.41, 5.74) is 3.71. The maximum Gasteiger partial charge on any atom is 0.311 e. The molecule has 22 heavy (non-hydrogen) atoms. The van der Waals surface area contributed by atoms with Crippen LogP contribution in [0.1, 0.15) is 43.9 Å². The number of hydrogen-bond acceptors (Lipinski definition) is 2. The van der Waals surface area contributed by atoms with Crippen molar-refractivity contribution >= 4 is 5.97 Å². The summed E-state index contributed by atoms with van der Waals surface area (Å²) in [5.74, 6) is 0.429. The highest BCUT2D eigenvalue weighted by atomic mass is 16.5. The van der Waals surface area contributed by atoms with Crippen LogP contribution in [0.4, 0.5) is 0 Å². The maximum absolute atomic E-state index is 11.9. The van der Waals surface area contributed by atoms with Gasteiger partial charge in [0.05, 0.1) is 0 Å². The lowest BCUT2D eigenvalue weighted by Gasteiger charge is -2.19. The number of ether oxygens (including phenoxy) is 1. The van der Waals surface area contributed by atoms with Crippen molar-refractivity contribution in [3.63, 3.8) is 0 Å². The third kappa shape index (κ3) is 4.73. The molecule has 0 aromatic heterocycles. The fourth-order valence-corrected chi connectivity index (χ4v) is 2.28. The standard InChI is InChI=1S/C20H24O2/c1-15-6-5-7-18(14-15)22-19(21)13-10-16-8-11-17(12-9-16)20(2,3)4/h5-9,11-12,14H,10,13H2,1-4H3. The zero-order valence-corrected chi connectivity index (χ0v) is 13.8. The zero-order chi connectivity index (χ0) is 16.2. The normalized spacial score (nSPS) is 11.3. The van der Waals surface area contributed by atoms with Crippen LogP contribution in [0.2, 0.25) is 0 Å². The van der Waals surface area contributed by atoms with Gasteiger partial charge in [0.15, 0.2) is 0 Å². The lowest BCUT2D eigenvalue weighted by atomic mass is 9.86. The van der Waals surface area contributed by atoms with E-state index < -0.39 is 0 Å². The number of esters is 1. The monoisotopic (exact) mass is 296 g/mol. The molecule has 2 heteroatoms. The number of benzene rings is 2. The second-order valence-corrected chi connectivity index (χ2v) is 6.74. The SMILES string of the molecule is Cc1cccc(OC(=O)CCc2ccc(C(C)(C)C)cc2)c1. The van der Waals surface area contributed by atoms with Gasteiger partial charge in [0.25, 0.3) is 0 Å². The van der Waals surface area contributed by atoms with Gasteiger partial charge < -0.3 is 4.74 Å². The second-order valence-electron chi connectivity index (χ2n) is 6.74. The first-order chi connectivity index (χ1) is 10.3. The summed E-state index contributed by atoms with van der Waals surface area (Å²) in [6.07, 6.45) is 1.10. The smallest absolute Gasteiger partial charge is 0.311 e. The molecule has 0 heterocycles. The van der Waals surface area contributed by atoms with E-state index in [2.05, 4.69) is 45.0 Å². The van der Waals surface area contributed by atoms with Crippen molar-refractivity contribution < 1.29 is 9.53 Å². The van der Waals surface area contributed by atoms with Crippen molar-refractivity contribution in [3.05, 3.63) is 65.2 Å². The van der Waals surface area contributed by atoms with E-state index in [1.807, 2.05) is 31.2 Å². The summed E-state index contributed by atoms with van der Waals surface area (Å²) in [7, 11) is 0. The van der Waals surface area contributed by atoms with Crippen LogP contribution >= 0.6 is 0 Å². The van der Waals surface area contributed by atoms with E-state index in [-0.39, 0.29) is 11.4 Å². The van der Waals surface area contributed by atoms with Gasteiger partial charge in [-0.3, -0.25) is 4.79 Å². The quantitative estimate of drug-likeness (QED) is 0.596. The van der Waals surface area contributed by atoms with Gasteiger partial charge in [-0.15, -0.1) is 0 Å². The molecule has 2 aromatic rings. The molecule has 2 aromatic carbocycles. The molecule has 0 bridgehead atoms. The molecule has 0 saturated carbocycles. The van der Waals surface area contributed by atoms with Crippen molar-refractivity contribution in [1.29, 1.82) is 0 Å². The molecule has 2 nitrogen and oxygen atoms in total. The Kier molecular flexibility index (Phi) is 5.02. The fraction of sp³-hybridized carbons (Fsp3) is 0.350. The number of rotatable bonds is 4. The van der Waals surface area contributed by atoms with Gasteiger partial charge in [-0.05, 0) is 47.6 Å². The van der Waals surface area contributed by atoms with E-state index in [1.165, 1.54) is 5.56 Å². The fourth-order valence-electron chi connectivity index (χ4n) is 2.28. The second kappa shape index (κ2) is 6.78. The van der Waals surface area contributed by atoms with Gasteiger partial charge in [0, 0.05) is 6.42 Å². The highest BCUT2D eigenvalue weighted by Gasteiger charge is 2.13. The summed E-state index contributed by atoms with van der Waals surface area (Å²) in [6.45, 7) is 8.57. The topological polar surface area (TPSA) is 26.3 Å². The summed E-state index contributed by atoms with van der Waals surface area (Å²) < 4.78 is 5.36. The van der Waals surface area contributed by atoms with E-state index in [9.17, 15) is 4.79 Å². The molecule has 0 fully saturated rings. The van der Waals surface area contributed by atoms with Crippen molar-refractivity contribution in [2.75, 3.05) is 0 Å². The molecule has 0 amide bonds. The van der Waals surface area contributed by atoms with E-state index in [4.69, 9.17) is 4.74 Å². The van der Waals surface area contributed by atoms with Gasteiger partial charge in [-0.2, -0.15) is 0 Å². The molecule has 0 spiro atoms. The molecule has 2 rings (SSSR count). The van der Waals surface area contributed by atoms with Gasteiger partial charge in [0.1, 0.15) is 5.75 Å². The Hall–Kier alpha value is -2.09. The van der Waals surface area contributed by atoms with Crippen LogP contribution < -0.4 is 4.74 Å². The van der Waals surface area contributed by atoms with Crippen molar-refractivity contribution in [3.8, 4) is 5.75 Å². The van der Waals surface area contributed by atoms with E-state index >= 15 is 0 Å². The molecule has 116 valence electrons.